The normalized spacial score (nSPS) is 10.5. The van der Waals surface area contributed by atoms with Gasteiger partial charge in [0.15, 0.2) is 11.6 Å². The minimum absolute atomic E-state index is 0.180. The van der Waals surface area contributed by atoms with Gasteiger partial charge in [-0.1, -0.05) is 0 Å². The van der Waals surface area contributed by atoms with Crippen molar-refractivity contribution in [1.29, 1.82) is 0 Å². The lowest BCUT2D eigenvalue weighted by atomic mass is 10.3. The lowest BCUT2D eigenvalue weighted by Gasteiger charge is -2.07. The molecule has 0 aliphatic heterocycles. The largest absolute Gasteiger partial charge is 0.321 e. The fourth-order valence-corrected chi connectivity index (χ4v) is 2.07. The molecule has 2 rings (SSSR count). The third kappa shape index (κ3) is 2.81. The summed E-state index contributed by atoms with van der Waals surface area (Å²) in [5, 5.41) is 6.49. The van der Waals surface area contributed by atoms with Gasteiger partial charge in [0.25, 0.3) is 5.91 Å². The Labute approximate surface area is 116 Å². The summed E-state index contributed by atoms with van der Waals surface area (Å²) in [4.78, 5) is 12.1. The van der Waals surface area contributed by atoms with E-state index in [1.54, 1.807) is 0 Å². The number of carbonyl (C=O) groups excluding carboxylic acids is 1. The second kappa shape index (κ2) is 5.48. The number of nitrogens with one attached hydrogen (secondary N) is 1. The number of benzene rings is 1. The Hall–Kier alpha value is -1.76. The van der Waals surface area contributed by atoms with Crippen molar-refractivity contribution in [3.05, 3.63) is 46.2 Å². The molecule has 1 N–H and O–H groups in total. The summed E-state index contributed by atoms with van der Waals surface area (Å²) in [5.41, 5.74) is 0.506. The van der Waals surface area contributed by atoms with Gasteiger partial charge in [0.2, 0.25) is 0 Å². The van der Waals surface area contributed by atoms with Gasteiger partial charge in [-0.15, -0.1) is 0 Å². The number of aromatic nitrogens is 2. The molecule has 1 amide bonds. The molecule has 0 radical (unpaired) electrons. The maximum Gasteiger partial charge on any atom is 0.275 e. The summed E-state index contributed by atoms with van der Waals surface area (Å²) < 4.78 is 27.9. The molecule has 2 aromatic rings. The zero-order valence-electron chi connectivity index (χ0n) is 9.95. The molecule has 7 heteroatoms. The van der Waals surface area contributed by atoms with E-state index in [0.717, 1.165) is 12.1 Å². The van der Waals surface area contributed by atoms with Crippen LogP contribution in [0.5, 0.6) is 0 Å². The number of halogens is 3. The Balaban J connectivity index is 2.25. The fraction of sp³-hybridized carbons (Fsp3) is 0.167. The molecule has 1 aromatic heterocycles. The molecule has 1 aromatic carbocycles. The van der Waals surface area contributed by atoms with Crippen LogP contribution in [0.15, 0.2) is 28.9 Å². The first-order chi connectivity index (χ1) is 9.02. The van der Waals surface area contributed by atoms with Crippen molar-refractivity contribution in [2.24, 2.45) is 0 Å². The van der Waals surface area contributed by atoms with Crippen LogP contribution in [-0.2, 0) is 6.54 Å². The third-order valence-corrected chi connectivity index (χ3v) is 3.07. The Morgan fingerprint density at radius 3 is 2.79 bits per heavy atom. The Morgan fingerprint density at radius 1 is 1.42 bits per heavy atom. The van der Waals surface area contributed by atoms with Gasteiger partial charge in [-0.25, -0.2) is 8.78 Å². The number of carbonyl (C=O) groups is 1. The molecule has 0 atom stereocenters. The van der Waals surface area contributed by atoms with E-state index in [4.69, 9.17) is 0 Å². The number of anilines is 1. The molecule has 0 aliphatic rings. The Kier molecular flexibility index (Phi) is 3.94. The number of amides is 1. The van der Waals surface area contributed by atoms with Crippen LogP contribution in [0, 0.1) is 11.6 Å². The first-order valence-corrected chi connectivity index (χ1v) is 6.30. The number of nitrogens with zero attached hydrogens (tertiary/aromatic N) is 2. The Bertz CT molecular complexity index is 627. The highest BCUT2D eigenvalue weighted by molar-refractivity contribution is 9.10. The van der Waals surface area contributed by atoms with E-state index in [2.05, 4.69) is 26.3 Å². The second-order valence-corrected chi connectivity index (χ2v) is 4.59. The van der Waals surface area contributed by atoms with Crippen LogP contribution < -0.4 is 5.32 Å². The van der Waals surface area contributed by atoms with Gasteiger partial charge in [0, 0.05) is 18.3 Å². The molecule has 0 fully saturated rings. The van der Waals surface area contributed by atoms with Gasteiger partial charge >= 0.3 is 0 Å². The molecule has 4 nitrogen and oxygen atoms in total. The van der Waals surface area contributed by atoms with Crippen LogP contribution in [0.2, 0.25) is 0 Å². The van der Waals surface area contributed by atoms with Crippen molar-refractivity contribution in [2.45, 2.75) is 13.5 Å². The highest BCUT2D eigenvalue weighted by atomic mass is 79.9. The van der Waals surface area contributed by atoms with Crippen LogP contribution in [-0.4, -0.2) is 15.7 Å². The van der Waals surface area contributed by atoms with Gasteiger partial charge in [0.1, 0.15) is 5.69 Å². The Morgan fingerprint density at radius 2 is 2.16 bits per heavy atom. The molecule has 1 heterocycles. The van der Waals surface area contributed by atoms with Crippen molar-refractivity contribution in [1.82, 2.24) is 9.78 Å². The van der Waals surface area contributed by atoms with Crippen molar-refractivity contribution in [3.8, 4) is 0 Å². The molecule has 19 heavy (non-hydrogen) atoms. The van der Waals surface area contributed by atoms with Crippen LogP contribution in [0.1, 0.15) is 17.4 Å². The third-order valence-electron chi connectivity index (χ3n) is 2.49. The van der Waals surface area contributed by atoms with E-state index in [1.807, 2.05) is 6.92 Å². The SMILES string of the molecule is CCn1ncc(Br)c1C(=O)Nc1ccc(F)c(F)c1. The standard InChI is InChI=1S/C12H10BrF2N3O/c1-2-18-11(8(13)6-16-18)12(19)17-7-3-4-9(14)10(15)5-7/h3-6H,2H2,1H3,(H,17,19). The topological polar surface area (TPSA) is 46.9 Å². The summed E-state index contributed by atoms with van der Waals surface area (Å²) in [5.74, 6) is -2.42. The van der Waals surface area contributed by atoms with Gasteiger partial charge in [-0.3, -0.25) is 9.48 Å². The van der Waals surface area contributed by atoms with E-state index >= 15 is 0 Å². The van der Waals surface area contributed by atoms with Gasteiger partial charge in [0.05, 0.1) is 10.7 Å². The zero-order chi connectivity index (χ0) is 14.0. The smallest absolute Gasteiger partial charge is 0.275 e. The molecular formula is C12H10BrF2N3O. The summed E-state index contributed by atoms with van der Waals surface area (Å²) >= 11 is 3.22. The van der Waals surface area contributed by atoms with E-state index in [1.165, 1.54) is 16.9 Å². The average molecular weight is 330 g/mol. The minimum atomic E-state index is -1.01. The van der Waals surface area contributed by atoms with Crippen LogP contribution in [0.4, 0.5) is 14.5 Å². The first-order valence-electron chi connectivity index (χ1n) is 5.50. The summed E-state index contributed by atoms with van der Waals surface area (Å²) in [6, 6.07) is 3.17. The van der Waals surface area contributed by atoms with Gasteiger partial charge in [-0.05, 0) is 35.0 Å². The minimum Gasteiger partial charge on any atom is -0.321 e. The molecule has 0 bridgehead atoms. The maximum absolute atomic E-state index is 13.0. The van der Waals surface area contributed by atoms with Crippen LogP contribution in [0.25, 0.3) is 0 Å². The molecule has 100 valence electrons. The number of aryl methyl sites for hydroxylation is 1. The molecule has 0 unspecified atom stereocenters. The van der Waals surface area contributed by atoms with E-state index in [0.29, 0.717) is 16.7 Å². The van der Waals surface area contributed by atoms with E-state index in [-0.39, 0.29) is 5.69 Å². The maximum atomic E-state index is 13.0. The van der Waals surface area contributed by atoms with E-state index < -0.39 is 17.5 Å². The lowest BCUT2D eigenvalue weighted by molar-refractivity contribution is 0.101. The highest BCUT2D eigenvalue weighted by Crippen LogP contribution is 2.19. The molecule has 0 aliphatic carbocycles. The van der Waals surface area contributed by atoms with Crippen molar-refractivity contribution in [2.75, 3.05) is 5.32 Å². The van der Waals surface area contributed by atoms with E-state index in [9.17, 15) is 13.6 Å². The fourth-order valence-electron chi connectivity index (χ4n) is 1.59. The molecular weight excluding hydrogens is 320 g/mol. The quantitative estimate of drug-likeness (QED) is 0.939. The van der Waals surface area contributed by atoms with Crippen molar-refractivity contribution in [3.63, 3.8) is 0 Å². The summed E-state index contributed by atoms with van der Waals surface area (Å²) in [6.45, 7) is 2.36. The molecule has 0 saturated heterocycles. The van der Waals surface area contributed by atoms with Crippen molar-refractivity contribution >= 4 is 27.5 Å². The average Bonchev–Trinajstić information content (AvgIpc) is 2.75. The molecule has 0 spiro atoms. The zero-order valence-corrected chi connectivity index (χ0v) is 11.5. The highest BCUT2D eigenvalue weighted by Gasteiger charge is 2.17. The van der Waals surface area contributed by atoms with Crippen molar-refractivity contribution < 1.29 is 13.6 Å². The predicted molar refractivity (Wildman–Crippen MR) is 69.9 cm³/mol. The van der Waals surface area contributed by atoms with Gasteiger partial charge < -0.3 is 5.32 Å². The number of hydrogen-bond acceptors (Lipinski definition) is 2. The monoisotopic (exact) mass is 329 g/mol. The summed E-state index contributed by atoms with van der Waals surface area (Å²) in [7, 11) is 0. The van der Waals surface area contributed by atoms with Gasteiger partial charge in [-0.2, -0.15) is 5.10 Å². The molecule has 0 saturated carbocycles. The lowest BCUT2D eigenvalue weighted by Crippen LogP contribution is -2.18. The van der Waals surface area contributed by atoms with Crippen LogP contribution in [0.3, 0.4) is 0 Å². The number of hydrogen-bond donors (Lipinski definition) is 1. The predicted octanol–water partition coefficient (Wildman–Crippen LogP) is 3.20. The van der Waals surface area contributed by atoms with Crippen LogP contribution >= 0.6 is 15.9 Å². The second-order valence-electron chi connectivity index (χ2n) is 3.74. The summed E-state index contributed by atoms with van der Waals surface area (Å²) in [6.07, 6.45) is 1.50. The first kappa shape index (κ1) is 13.7. The number of rotatable bonds is 3.